The molecule has 0 spiro atoms. The summed E-state index contributed by atoms with van der Waals surface area (Å²) in [5, 5.41) is 8.23. The topological polar surface area (TPSA) is 146 Å². The maximum Gasteiger partial charge on any atom is 0.485 e. The molecule has 1 aliphatic rings. The Morgan fingerprint density at radius 3 is 2.42 bits per heavy atom. The van der Waals surface area contributed by atoms with Gasteiger partial charge in [-0.05, 0) is 42.5 Å². The molecule has 3 aromatic carbocycles. The lowest BCUT2D eigenvalue weighted by Gasteiger charge is -2.06. The first kappa shape index (κ1) is 20.2. The minimum absolute atomic E-state index is 0.125. The molecule has 0 fully saturated rings. The second-order valence-corrected chi connectivity index (χ2v) is 8.40. The number of ketones is 1. The van der Waals surface area contributed by atoms with Gasteiger partial charge in [-0.1, -0.05) is 35.3 Å². The first-order valence-corrected chi connectivity index (χ1v) is 10.8. The predicted octanol–water partition coefficient (Wildman–Crippen LogP) is 1.71. The lowest BCUT2D eigenvalue weighted by atomic mass is 9.98. The summed E-state index contributed by atoms with van der Waals surface area (Å²) in [6, 6.07) is 20.2. The van der Waals surface area contributed by atoms with Crippen LogP contribution >= 0.6 is 0 Å². The minimum atomic E-state index is -3.51. The first-order valence-electron chi connectivity index (χ1n) is 9.22. The molecule has 0 saturated carbocycles. The summed E-state index contributed by atoms with van der Waals surface area (Å²) in [4.78, 5) is 17.4. The summed E-state index contributed by atoms with van der Waals surface area (Å²) in [5.41, 5.74) is 9.27. The van der Waals surface area contributed by atoms with E-state index in [1.165, 1.54) is 12.1 Å². The van der Waals surface area contributed by atoms with Crippen molar-refractivity contribution in [3.8, 4) is 0 Å². The van der Waals surface area contributed by atoms with Crippen molar-refractivity contribution in [2.45, 2.75) is 4.90 Å². The van der Waals surface area contributed by atoms with E-state index >= 15 is 0 Å². The highest BCUT2D eigenvalue weighted by Crippen LogP contribution is 2.20. The Morgan fingerprint density at radius 1 is 1.03 bits per heavy atom. The van der Waals surface area contributed by atoms with Crippen LogP contribution in [-0.2, 0) is 10.0 Å². The van der Waals surface area contributed by atoms with Gasteiger partial charge in [0.2, 0.25) is 6.21 Å². The Kier molecular flexibility index (Phi) is 5.22. The highest BCUT2D eigenvalue weighted by Gasteiger charge is 2.22. The third-order valence-electron chi connectivity index (χ3n) is 4.61. The van der Waals surface area contributed by atoms with Crippen LogP contribution in [0, 0.1) is 0 Å². The van der Waals surface area contributed by atoms with Crippen molar-refractivity contribution in [1.82, 2.24) is 4.67 Å². The number of hydrogen-bond donors (Lipinski definition) is 3. The molecule has 1 unspecified atom stereocenters. The highest BCUT2D eigenvalue weighted by atomic mass is 32.2. The third kappa shape index (κ3) is 4.44. The molecular formula is C22H19N5O3S+2. The van der Waals surface area contributed by atoms with E-state index in [0.29, 0.717) is 39.7 Å². The SMILES string of the molecule is Nc1ccc(C2=NC(Nc3ccc(S(N)(=O)=[OH+])cc3)=[N+]=C2)cc1C(=O)c1ccccc1. The molecule has 31 heavy (non-hydrogen) atoms. The molecule has 4 rings (SSSR count). The van der Waals surface area contributed by atoms with Crippen LogP contribution < -0.4 is 20.9 Å². The van der Waals surface area contributed by atoms with Crippen LogP contribution in [0.2, 0.25) is 0 Å². The lowest BCUT2D eigenvalue weighted by molar-refractivity contribution is 0.103. The number of aliphatic imine (C=N–C) groups is 1. The number of nitrogens with two attached hydrogens (primary N) is 2. The number of nitrogens with zero attached hydrogens (tertiary/aromatic N) is 2. The molecule has 0 aliphatic carbocycles. The van der Waals surface area contributed by atoms with Gasteiger partial charge >= 0.3 is 16.0 Å². The van der Waals surface area contributed by atoms with Crippen molar-refractivity contribution >= 4 is 45.1 Å². The van der Waals surface area contributed by atoms with E-state index in [9.17, 15) is 13.2 Å². The Morgan fingerprint density at radius 2 is 1.74 bits per heavy atom. The van der Waals surface area contributed by atoms with Crippen LogP contribution in [0.5, 0.6) is 0 Å². The zero-order valence-corrected chi connectivity index (χ0v) is 17.0. The van der Waals surface area contributed by atoms with Gasteiger partial charge in [0.05, 0.1) is 0 Å². The third-order valence-corrected chi connectivity index (χ3v) is 5.56. The van der Waals surface area contributed by atoms with Crippen LogP contribution in [0.25, 0.3) is 0 Å². The van der Waals surface area contributed by atoms with E-state index < -0.39 is 10.0 Å². The average Bonchev–Trinajstić information content (AvgIpc) is 3.22. The van der Waals surface area contributed by atoms with Gasteiger partial charge in [0, 0.05) is 22.4 Å². The largest absolute Gasteiger partial charge is 0.485 e. The molecule has 1 atom stereocenters. The molecule has 154 valence electrons. The molecule has 6 N–H and O–H groups in total. The van der Waals surface area contributed by atoms with Gasteiger partial charge in [-0.15, -0.1) is 0 Å². The standard InChI is InChI=1S/C22H17N5O3S/c23-19-11-6-15(12-18(19)21(28)14-4-2-1-3-5-14)20-13-25-22(27-20)26-16-7-9-17(10-8-16)31(24,29)30/h1-13H,(H4,23,24,26,27,28,29,30)/p+2. The van der Waals surface area contributed by atoms with Gasteiger partial charge in [-0.2, -0.15) is 9.35 Å². The number of nitrogens with one attached hydrogen (secondary N) is 1. The summed E-state index contributed by atoms with van der Waals surface area (Å²) in [7, 11) is -3.51. The van der Waals surface area contributed by atoms with Gasteiger partial charge < -0.3 is 5.73 Å². The average molecular weight is 433 g/mol. The number of rotatable bonds is 5. The number of carbonyl (C=O) groups is 1. The Labute approximate surface area is 178 Å². The van der Waals surface area contributed by atoms with Gasteiger partial charge in [0.1, 0.15) is 10.6 Å². The van der Waals surface area contributed by atoms with Gasteiger partial charge in [0.15, 0.2) is 11.5 Å². The second kappa shape index (κ2) is 8.00. The van der Waals surface area contributed by atoms with Crippen molar-refractivity contribution in [2.75, 3.05) is 11.1 Å². The van der Waals surface area contributed by atoms with E-state index in [4.69, 9.17) is 10.9 Å². The van der Waals surface area contributed by atoms with Crippen LogP contribution in [0.15, 0.2) is 82.7 Å². The molecular weight excluding hydrogens is 414 g/mol. The number of nitrogen functional groups attached to an aromatic ring is 1. The van der Waals surface area contributed by atoms with E-state index in [1.54, 1.807) is 60.8 Å². The molecule has 1 aliphatic heterocycles. The molecule has 0 amide bonds. The van der Waals surface area contributed by atoms with E-state index in [0.717, 1.165) is 0 Å². The Balaban J connectivity index is 1.55. The zero-order valence-electron chi connectivity index (χ0n) is 16.2. The highest BCUT2D eigenvalue weighted by molar-refractivity contribution is 7.89. The molecule has 9 heteroatoms. The summed E-state index contributed by atoms with van der Waals surface area (Å²) in [6.07, 6.45) is 1.58. The molecule has 0 bridgehead atoms. The Hall–Kier alpha value is -4.04. The molecule has 3 aromatic rings. The smallest absolute Gasteiger partial charge is 0.398 e. The summed E-state index contributed by atoms with van der Waals surface area (Å²) < 4.78 is 25.1. The van der Waals surface area contributed by atoms with Crippen LogP contribution in [-0.4, -0.2) is 32.1 Å². The van der Waals surface area contributed by atoms with E-state index in [1.807, 2.05) is 6.07 Å². The number of anilines is 2. The normalized spacial score (nSPS) is 14.5. The first-order chi connectivity index (χ1) is 14.8. The van der Waals surface area contributed by atoms with E-state index in [2.05, 4.69) is 15.0 Å². The maximum atomic E-state index is 12.8. The second-order valence-electron chi connectivity index (χ2n) is 6.79. The summed E-state index contributed by atoms with van der Waals surface area (Å²) in [5.74, 6) is 0.172. The molecule has 0 aromatic heterocycles. The molecule has 8 nitrogen and oxygen atoms in total. The lowest BCUT2D eigenvalue weighted by Crippen LogP contribution is -2.13. The molecule has 0 radical (unpaired) electrons. The van der Waals surface area contributed by atoms with Crippen molar-refractivity contribution < 1.29 is 13.2 Å². The van der Waals surface area contributed by atoms with Crippen LogP contribution in [0.4, 0.5) is 11.4 Å². The molecule has 0 saturated heterocycles. The van der Waals surface area contributed by atoms with Crippen LogP contribution in [0.3, 0.4) is 0 Å². The van der Waals surface area contributed by atoms with Crippen molar-refractivity contribution in [3.05, 3.63) is 89.5 Å². The maximum absolute atomic E-state index is 12.8. The number of guanidine groups is 1. The van der Waals surface area contributed by atoms with E-state index in [-0.39, 0.29) is 10.7 Å². The van der Waals surface area contributed by atoms with Gasteiger partial charge in [-0.3, -0.25) is 4.79 Å². The van der Waals surface area contributed by atoms with Gasteiger partial charge in [0.25, 0.3) is 0 Å². The number of benzene rings is 3. The quantitative estimate of drug-likeness (QED) is 0.243. The van der Waals surface area contributed by atoms with Crippen LogP contribution in [0.1, 0.15) is 21.5 Å². The Bertz CT molecular complexity index is 1370. The van der Waals surface area contributed by atoms with Crippen molar-refractivity contribution in [3.63, 3.8) is 0 Å². The fourth-order valence-electron chi connectivity index (χ4n) is 3.01. The summed E-state index contributed by atoms with van der Waals surface area (Å²) in [6.45, 7) is 0. The fraction of sp³-hybridized carbons (Fsp3) is 0. The molecule has 1 heterocycles. The predicted molar refractivity (Wildman–Crippen MR) is 123 cm³/mol. The number of hydrogen-bond acceptors (Lipinski definition) is 5. The minimum Gasteiger partial charge on any atom is -0.398 e. The van der Waals surface area contributed by atoms with Gasteiger partial charge in [-0.25, -0.2) is 14.2 Å². The zero-order chi connectivity index (χ0) is 22.0. The van der Waals surface area contributed by atoms with Crippen molar-refractivity contribution in [2.24, 2.45) is 10.1 Å². The summed E-state index contributed by atoms with van der Waals surface area (Å²) >= 11 is 0. The monoisotopic (exact) mass is 433 g/mol. The number of carbonyl (C=O) groups excluding carboxylic acids is 1. The fourth-order valence-corrected chi connectivity index (χ4v) is 3.54. The van der Waals surface area contributed by atoms with Crippen molar-refractivity contribution in [1.29, 1.82) is 0 Å².